The lowest BCUT2D eigenvalue weighted by atomic mass is 10.2. The van der Waals surface area contributed by atoms with Gasteiger partial charge in [-0.25, -0.2) is 4.79 Å². The number of hydrogen-bond donors (Lipinski definition) is 2. The summed E-state index contributed by atoms with van der Waals surface area (Å²) in [5.41, 5.74) is 0.111. The molecule has 7 nitrogen and oxygen atoms in total. The van der Waals surface area contributed by atoms with Crippen LogP contribution >= 0.6 is 27.3 Å². The summed E-state index contributed by atoms with van der Waals surface area (Å²) in [4.78, 5) is 33.6. The molecule has 2 rings (SSSR count). The van der Waals surface area contributed by atoms with Crippen LogP contribution in [0.5, 0.6) is 0 Å². The molecule has 0 saturated carbocycles. The van der Waals surface area contributed by atoms with Crippen LogP contribution in [0.4, 0.5) is 10.7 Å². The molecule has 1 amide bonds. The van der Waals surface area contributed by atoms with Crippen LogP contribution in [0.1, 0.15) is 15.2 Å². The summed E-state index contributed by atoms with van der Waals surface area (Å²) in [5, 5.41) is 22.1. The summed E-state index contributed by atoms with van der Waals surface area (Å²) >= 11 is 4.10. The second-order valence-electron chi connectivity index (χ2n) is 4.25. The predicted octanol–water partition coefficient (Wildman–Crippen LogP) is 3.77. The number of carbonyl (C=O) groups excluding carboxylic acids is 1. The Labute approximate surface area is 142 Å². The highest BCUT2D eigenvalue weighted by Gasteiger charge is 2.12. The number of thiophene rings is 1. The average Bonchev–Trinajstić information content (AvgIpc) is 2.96. The molecule has 0 saturated heterocycles. The summed E-state index contributed by atoms with van der Waals surface area (Å²) in [5.74, 6) is -1.70. The predicted molar refractivity (Wildman–Crippen MR) is 89.7 cm³/mol. The smallest absolute Gasteiger partial charge is 0.337 e. The summed E-state index contributed by atoms with van der Waals surface area (Å²) in [6.07, 6.45) is 2.61. The van der Waals surface area contributed by atoms with Gasteiger partial charge in [-0.05, 0) is 30.3 Å². The van der Waals surface area contributed by atoms with Gasteiger partial charge in [0.05, 0.1) is 16.2 Å². The number of carboxylic acids is 1. The van der Waals surface area contributed by atoms with Gasteiger partial charge in [0.15, 0.2) is 0 Å². The number of carboxylic acid groups (broad SMARTS) is 1. The number of aromatic carboxylic acids is 1. The van der Waals surface area contributed by atoms with Crippen LogP contribution in [0.2, 0.25) is 0 Å². The van der Waals surface area contributed by atoms with Crippen molar-refractivity contribution in [1.29, 1.82) is 0 Å². The maximum atomic E-state index is 11.9. The molecule has 0 aliphatic carbocycles. The van der Waals surface area contributed by atoms with Crippen LogP contribution < -0.4 is 5.32 Å². The summed E-state index contributed by atoms with van der Waals surface area (Å²) in [6.45, 7) is 0. The summed E-state index contributed by atoms with van der Waals surface area (Å²) in [7, 11) is 0. The lowest BCUT2D eigenvalue weighted by molar-refractivity contribution is -0.380. The highest BCUT2D eigenvalue weighted by molar-refractivity contribution is 9.10. The molecule has 2 N–H and O–H groups in total. The zero-order chi connectivity index (χ0) is 17.0. The minimum atomic E-state index is -1.17. The van der Waals surface area contributed by atoms with Gasteiger partial charge in [-0.1, -0.05) is 27.3 Å². The molecule has 0 atom stereocenters. The van der Waals surface area contributed by atoms with Crippen molar-refractivity contribution in [3.05, 3.63) is 61.4 Å². The van der Waals surface area contributed by atoms with Crippen LogP contribution in [0.3, 0.4) is 0 Å². The number of carbonyl (C=O) groups is 2. The number of anilines is 1. The first kappa shape index (κ1) is 16.8. The Morgan fingerprint density at radius 1 is 1.30 bits per heavy atom. The first-order valence-electron chi connectivity index (χ1n) is 6.13. The van der Waals surface area contributed by atoms with Crippen molar-refractivity contribution < 1.29 is 19.6 Å². The van der Waals surface area contributed by atoms with E-state index in [0.29, 0.717) is 9.35 Å². The van der Waals surface area contributed by atoms with Crippen molar-refractivity contribution in [2.45, 2.75) is 0 Å². The molecule has 0 bridgehead atoms. The van der Waals surface area contributed by atoms with Gasteiger partial charge in [0.2, 0.25) is 5.91 Å². The number of hydrogen-bond acceptors (Lipinski definition) is 5. The Morgan fingerprint density at radius 2 is 2.04 bits per heavy atom. The normalized spacial score (nSPS) is 10.7. The SMILES string of the molecule is O=C(/C=C/c1ccc([N+](=O)[O-])s1)Nc1ccc(Br)cc1C(=O)O. The maximum absolute atomic E-state index is 11.9. The van der Waals surface area contributed by atoms with Gasteiger partial charge in [0.25, 0.3) is 0 Å². The van der Waals surface area contributed by atoms with Crippen LogP contribution in [0, 0.1) is 10.1 Å². The molecule has 0 aliphatic heterocycles. The van der Waals surface area contributed by atoms with E-state index >= 15 is 0 Å². The molecule has 118 valence electrons. The van der Waals surface area contributed by atoms with E-state index in [1.807, 2.05) is 0 Å². The molecule has 0 spiro atoms. The quantitative estimate of drug-likeness (QED) is 0.454. The van der Waals surface area contributed by atoms with Gasteiger partial charge in [-0.2, -0.15) is 0 Å². The Balaban J connectivity index is 2.11. The van der Waals surface area contributed by atoms with Crippen molar-refractivity contribution in [3.8, 4) is 0 Å². The molecular weight excluding hydrogens is 388 g/mol. The number of benzene rings is 1. The van der Waals surface area contributed by atoms with Crippen LogP contribution in [-0.4, -0.2) is 21.9 Å². The van der Waals surface area contributed by atoms with Crippen molar-refractivity contribution in [2.75, 3.05) is 5.32 Å². The number of halogens is 1. The second-order valence-corrected chi connectivity index (χ2v) is 6.26. The van der Waals surface area contributed by atoms with Gasteiger partial charge >= 0.3 is 11.0 Å². The fraction of sp³-hybridized carbons (Fsp3) is 0. The molecule has 1 aromatic carbocycles. The fourth-order valence-electron chi connectivity index (χ4n) is 1.66. The lowest BCUT2D eigenvalue weighted by Crippen LogP contribution is -2.11. The largest absolute Gasteiger partial charge is 0.478 e. The molecular formula is C14H9BrN2O5S. The van der Waals surface area contributed by atoms with E-state index in [1.165, 1.54) is 36.4 Å². The highest BCUT2D eigenvalue weighted by atomic mass is 79.9. The standard InChI is InChI=1S/C14H9BrN2O5S/c15-8-1-4-11(10(7-8)14(19)20)16-12(18)5-2-9-3-6-13(23-9)17(21)22/h1-7H,(H,16,18)(H,19,20)/b5-2+. The number of nitrogens with zero attached hydrogens (tertiary/aromatic N) is 1. The van der Waals surface area contributed by atoms with Crippen molar-refractivity contribution in [2.24, 2.45) is 0 Å². The fourth-order valence-corrected chi connectivity index (χ4v) is 2.75. The second kappa shape index (κ2) is 7.16. The number of rotatable bonds is 5. The first-order valence-corrected chi connectivity index (χ1v) is 7.74. The van der Waals surface area contributed by atoms with Gasteiger partial charge in [-0.3, -0.25) is 14.9 Å². The van der Waals surface area contributed by atoms with Crippen LogP contribution in [0.25, 0.3) is 6.08 Å². The van der Waals surface area contributed by atoms with Crippen molar-refractivity contribution in [3.63, 3.8) is 0 Å². The van der Waals surface area contributed by atoms with E-state index in [4.69, 9.17) is 5.11 Å². The van der Waals surface area contributed by atoms with E-state index < -0.39 is 16.8 Å². The topological polar surface area (TPSA) is 110 Å². The van der Waals surface area contributed by atoms with Gasteiger partial charge in [0, 0.05) is 21.5 Å². The van der Waals surface area contributed by atoms with Gasteiger partial charge in [-0.15, -0.1) is 0 Å². The van der Waals surface area contributed by atoms with E-state index in [-0.39, 0.29) is 16.3 Å². The van der Waals surface area contributed by atoms with E-state index in [1.54, 1.807) is 6.07 Å². The van der Waals surface area contributed by atoms with Crippen LogP contribution in [0.15, 0.2) is 40.9 Å². The van der Waals surface area contributed by atoms with Gasteiger partial charge < -0.3 is 10.4 Å². The van der Waals surface area contributed by atoms with Crippen LogP contribution in [-0.2, 0) is 4.79 Å². The van der Waals surface area contributed by atoms with E-state index in [0.717, 1.165) is 11.3 Å². The van der Waals surface area contributed by atoms with Gasteiger partial charge in [0.1, 0.15) is 0 Å². The molecule has 23 heavy (non-hydrogen) atoms. The summed E-state index contributed by atoms with van der Waals surface area (Å²) < 4.78 is 0.578. The molecule has 1 heterocycles. The average molecular weight is 397 g/mol. The Hall–Kier alpha value is -2.52. The molecule has 2 aromatic rings. The Kier molecular flexibility index (Phi) is 5.24. The zero-order valence-electron chi connectivity index (χ0n) is 11.4. The third-order valence-corrected chi connectivity index (χ3v) is 4.16. The molecule has 1 aromatic heterocycles. The molecule has 0 unspecified atom stereocenters. The minimum absolute atomic E-state index is 0.0221. The van der Waals surface area contributed by atoms with Crippen molar-refractivity contribution >= 4 is 55.9 Å². The Bertz CT molecular complexity index is 815. The Morgan fingerprint density at radius 3 is 2.65 bits per heavy atom. The molecule has 9 heteroatoms. The number of nitrogens with one attached hydrogen (secondary N) is 1. The number of nitro groups is 1. The first-order chi connectivity index (χ1) is 10.9. The number of amides is 1. The minimum Gasteiger partial charge on any atom is -0.478 e. The molecule has 0 fully saturated rings. The monoisotopic (exact) mass is 396 g/mol. The molecule has 0 aliphatic rings. The summed E-state index contributed by atoms with van der Waals surface area (Å²) in [6, 6.07) is 7.32. The third-order valence-electron chi connectivity index (χ3n) is 2.66. The highest BCUT2D eigenvalue weighted by Crippen LogP contribution is 2.25. The van der Waals surface area contributed by atoms with Crippen molar-refractivity contribution in [1.82, 2.24) is 0 Å². The lowest BCUT2D eigenvalue weighted by Gasteiger charge is -2.06. The third kappa shape index (κ3) is 4.47. The maximum Gasteiger partial charge on any atom is 0.337 e. The molecule has 0 radical (unpaired) electrons. The van der Waals surface area contributed by atoms with E-state index in [2.05, 4.69) is 21.2 Å². The zero-order valence-corrected chi connectivity index (χ0v) is 13.8. The van der Waals surface area contributed by atoms with E-state index in [9.17, 15) is 19.7 Å².